The summed E-state index contributed by atoms with van der Waals surface area (Å²) >= 11 is 1.45. The van der Waals surface area contributed by atoms with Crippen molar-refractivity contribution in [1.82, 2.24) is 0 Å². The summed E-state index contributed by atoms with van der Waals surface area (Å²) in [6, 6.07) is 18.5. The summed E-state index contributed by atoms with van der Waals surface area (Å²) in [4.78, 5) is 0. The molecule has 0 amide bonds. The van der Waals surface area contributed by atoms with Crippen LogP contribution < -0.4 is 0 Å². The molecule has 2 aliphatic rings. The van der Waals surface area contributed by atoms with E-state index in [1.54, 1.807) is 11.1 Å². The van der Waals surface area contributed by atoms with Crippen LogP contribution in [0, 0.1) is 27.7 Å². The van der Waals surface area contributed by atoms with Gasteiger partial charge in [0, 0.05) is 0 Å². The van der Waals surface area contributed by atoms with Crippen molar-refractivity contribution in [2.24, 2.45) is 0 Å². The van der Waals surface area contributed by atoms with Crippen LogP contribution >= 0.6 is 24.8 Å². The van der Waals surface area contributed by atoms with E-state index in [9.17, 15) is 0 Å². The van der Waals surface area contributed by atoms with Crippen molar-refractivity contribution in [3.8, 4) is 0 Å². The standard InChI is InChI=1S/2C14H15.C2H6Si.2ClH.Hf/c2*1-9-3-4-10(2)14-8-12(7-13(9)14)11-5-6-11;1-3-2;;;/h2*3-4,7-8,11H,5-6H2,1-2H3;1-2H3;2*1H;/q2*-1;;;;+2. The maximum absolute atomic E-state index is 2.40. The number of hydrogen-bond donors (Lipinski definition) is 0. The molecule has 2 aliphatic carbocycles. The van der Waals surface area contributed by atoms with Gasteiger partial charge in [0.15, 0.2) is 0 Å². The van der Waals surface area contributed by atoms with Gasteiger partial charge in [-0.25, -0.2) is 0 Å². The molecule has 4 aromatic carbocycles. The van der Waals surface area contributed by atoms with Crippen LogP contribution in [0.5, 0.6) is 0 Å². The van der Waals surface area contributed by atoms with Gasteiger partial charge in [-0.1, -0.05) is 37.1 Å². The third kappa shape index (κ3) is 7.18. The van der Waals surface area contributed by atoms with Crippen LogP contribution in [0.4, 0.5) is 0 Å². The molecule has 6 rings (SSSR count). The topological polar surface area (TPSA) is 0 Å². The molecule has 0 nitrogen and oxygen atoms in total. The van der Waals surface area contributed by atoms with Gasteiger partial charge >= 0.3 is 41.6 Å². The summed E-state index contributed by atoms with van der Waals surface area (Å²) in [6.45, 7) is 13.5. The molecule has 0 bridgehead atoms. The second-order valence-electron chi connectivity index (χ2n) is 10.2. The minimum absolute atomic E-state index is 0. The number of aryl methyl sites for hydroxylation is 4. The molecule has 2 saturated carbocycles. The van der Waals surface area contributed by atoms with E-state index in [-0.39, 0.29) is 30.3 Å². The van der Waals surface area contributed by atoms with Gasteiger partial charge in [-0.2, -0.15) is 12.1 Å². The van der Waals surface area contributed by atoms with Crippen molar-refractivity contribution >= 4 is 51.9 Å². The van der Waals surface area contributed by atoms with E-state index in [0.717, 1.165) is 11.8 Å². The molecule has 34 heavy (non-hydrogen) atoms. The Bertz CT molecular complexity index is 1100. The normalized spacial score (nSPS) is 14.4. The quantitative estimate of drug-likeness (QED) is 0.147. The first-order valence-electron chi connectivity index (χ1n) is 12.1. The number of benzene rings is 2. The summed E-state index contributed by atoms with van der Waals surface area (Å²) in [5, 5.41) is 5.86. The number of fused-ring (bicyclic) bond motifs is 2. The maximum Gasteiger partial charge on any atom is -0.0340 e. The van der Waals surface area contributed by atoms with Crippen molar-refractivity contribution in [3.05, 3.63) is 81.9 Å². The van der Waals surface area contributed by atoms with Crippen LogP contribution in [0.25, 0.3) is 21.5 Å². The zero-order valence-corrected chi connectivity index (χ0v) is 27.6. The Balaban J connectivity index is 0.000000198. The molecule has 0 unspecified atom stereocenters. The van der Waals surface area contributed by atoms with Crippen molar-refractivity contribution in [2.75, 3.05) is 0 Å². The van der Waals surface area contributed by atoms with E-state index in [0.29, 0.717) is 0 Å². The Morgan fingerprint density at radius 3 is 1.21 bits per heavy atom. The first-order chi connectivity index (χ1) is 15.2. The van der Waals surface area contributed by atoms with Crippen molar-refractivity contribution in [3.63, 3.8) is 0 Å². The predicted molar refractivity (Wildman–Crippen MR) is 154 cm³/mol. The molecule has 0 N–H and O–H groups in total. The smallest absolute Gasteiger partial charge is 0.0340 e. The van der Waals surface area contributed by atoms with Crippen molar-refractivity contribution in [2.45, 2.75) is 78.3 Å². The number of rotatable bonds is 2. The molecule has 0 spiro atoms. The number of halogens is 2. The fourth-order valence-electron chi connectivity index (χ4n) is 4.53. The third-order valence-electron chi connectivity index (χ3n) is 6.79. The van der Waals surface area contributed by atoms with Gasteiger partial charge in [-0.15, -0.1) is 92.9 Å². The fourth-order valence-corrected chi connectivity index (χ4v) is 4.53. The molecule has 0 radical (unpaired) electrons. The van der Waals surface area contributed by atoms with Crippen molar-refractivity contribution in [1.29, 1.82) is 0 Å². The van der Waals surface area contributed by atoms with E-state index in [1.165, 1.54) is 92.5 Å². The summed E-state index contributed by atoms with van der Waals surface area (Å²) in [5.41, 5.74) is 9.05. The van der Waals surface area contributed by atoms with Gasteiger partial charge in [-0.3, -0.25) is 0 Å². The number of hydrogen-bond acceptors (Lipinski definition) is 0. The van der Waals surface area contributed by atoms with Crippen LogP contribution in [0.2, 0.25) is 13.1 Å². The molecule has 0 aromatic heterocycles. The van der Waals surface area contributed by atoms with Crippen LogP contribution in [-0.4, -0.2) is 5.49 Å². The Morgan fingerprint density at radius 2 is 0.941 bits per heavy atom. The molecule has 0 atom stereocenters. The summed E-state index contributed by atoms with van der Waals surface area (Å²) in [7, 11) is 0. The first kappa shape index (κ1) is 29.6. The second-order valence-corrected chi connectivity index (χ2v) is 23.0. The van der Waals surface area contributed by atoms with Gasteiger partial charge < -0.3 is 0 Å². The molecule has 0 heterocycles. The van der Waals surface area contributed by atoms with E-state index >= 15 is 0 Å². The average molecular weight is 676 g/mol. The molecular weight excluding hydrogens is 638 g/mol. The Labute approximate surface area is 233 Å². The molecule has 2 fully saturated rings. The predicted octanol–water partition coefficient (Wildman–Crippen LogP) is 9.73. The SMILES string of the molecule is C[Si](C)=[Hf+2].Cc1ccc(C)c2[cH-]c(C3CC3)cc12.Cc1ccc(C)c2[cH-]c(C3CC3)cc12.Cl.Cl. The van der Waals surface area contributed by atoms with Crippen LogP contribution in [0.3, 0.4) is 0 Å². The molecule has 0 aliphatic heterocycles. The molecule has 180 valence electrons. The molecule has 4 aromatic rings. The fraction of sp³-hybridized carbons (Fsp3) is 0.400. The minimum atomic E-state index is 0. The van der Waals surface area contributed by atoms with Gasteiger partial charge in [0.1, 0.15) is 0 Å². The summed E-state index contributed by atoms with van der Waals surface area (Å²) < 4.78 is 0. The summed E-state index contributed by atoms with van der Waals surface area (Å²) in [6.07, 6.45) is 5.59. The third-order valence-corrected chi connectivity index (χ3v) is 6.79. The zero-order chi connectivity index (χ0) is 23.0. The minimum Gasteiger partial charge on any atom is -0.164 e. The van der Waals surface area contributed by atoms with Gasteiger partial charge in [0.05, 0.1) is 0 Å². The maximum atomic E-state index is 2.40. The summed E-state index contributed by atoms with van der Waals surface area (Å²) in [5.74, 6) is 1.75. The van der Waals surface area contributed by atoms with E-state index in [1.807, 2.05) is 0 Å². The van der Waals surface area contributed by atoms with Crippen LogP contribution in [0.15, 0.2) is 48.5 Å². The average Bonchev–Trinajstić information content (AvgIpc) is 3.68. The van der Waals surface area contributed by atoms with Gasteiger partial charge in [0.2, 0.25) is 0 Å². The Hall–Kier alpha value is -0.673. The molecular formula is C30H38Cl2HfSi. The molecule has 0 saturated heterocycles. The van der Waals surface area contributed by atoms with E-state index < -0.39 is 0 Å². The van der Waals surface area contributed by atoms with Crippen molar-refractivity contribution < 1.29 is 23.0 Å². The Morgan fingerprint density at radius 1 is 0.647 bits per heavy atom. The largest absolute Gasteiger partial charge is 0.164 e. The van der Waals surface area contributed by atoms with Gasteiger partial charge in [0.25, 0.3) is 0 Å². The second kappa shape index (κ2) is 12.5. The molecule has 4 heteroatoms. The van der Waals surface area contributed by atoms with E-state index in [4.69, 9.17) is 0 Å². The zero-order valence-electron chi connectivity index (χ0n) is 21.4. The first-order valence-corrected chi connectivity index (χ1v) is 20.0. The van der Waals surface area contributed by atoms with Gasteiger partial charge in [-0.05, 0) is 51.4 Å². The monoisotopic (exact) mass is 676 g/mol. The van der Waals surface area contributed by atoms with Crippen LogP contribution in [0.1, 0.15) is 70.9 Å². The van der Waals surface area contributed by atoms with Crippen LogP contribution in [-0.2, 0) is 23.0 Å². The van der Waals surface area contributed by atoms with E-state index in [2.05, 4.69) is 89.3 Å². The Kier molecular flexibility index (Phi) is 10.9.